The summed E-state index contributed by atoms with van der Waals surface area (Å²) in [7, 11) is 1.19. The Hall–Kier alpha value is -0.610. The lowest BCUT2D eigenvalue weighted by molar-refractivity contribution is -0.144. The van der Waals surface area contributed by atoms with Crippen molar-refractivity contribution in [2.75, 3.05) is 7.11 Å². The maximum absolute atomic E-state index is 10.4. The van der Waals surface area contributed by atoms with Crippen LogP contribution in [0, 0.1) is 0 Å². The minimum atomic E-state index is -1.12. The largest absolute Gasteiger partial charge is 0.468 e. The molecule has 0 radical (unpaired) electrons. The normalized spacial score (nSPS) is 11.1. The Bertz CT molecular complexity index is 137. The molecule has 0 rings (SSSR count). The second-order valence-electron chi connectivity index (χ2n) is 1.61. The van der Waals surface area contributed by atoms with Crippen molar-refractivity contribution in [3.05, 3.63) is 0 Å². The maximum Gasteiger partial charge on any atom is 0.330 e. The number of halogens is 1. The van der Waals surface area contributed by atoms with Crippen LogP contribution in [0.25, 0.3) is 0 Å². The fourth-order valence-electron chi connectivity index (χ4n) is 0.293. The second kappa shape index (κ2) is 5.20. The number of ether oxygens (including phenoxy) is 1. The topological polar surface area (TPSA) is 69.4 Å². The van der Waals surface area contributed by atoms with E-state index >= 15 is 0 Å². The lowest BCUT2D eigenvalue weighted by atomic mass is 10.2. The van der Waals surface area contributed by atoms with Crippen molar-refractivity contribution in [2.45, 2.75) is 13.0 Å². The van der Waals surface area contributed by atoms with Crippen LogP contribution in [0.4, 0.5) is 0 Å². The molecule has 0 aliphatic carbocycles. The highest BCUT2D eigenvalue weighted by Gasteiger charge is 2.17. The van der Waals surface area contributed by atoms with Gasteiger partial charge in [0.2, 0.25) is 0 Å². The molecule has 1 unspecified atom stereocenters. The minimum Gasteiger partial charge on any atom is -0.468 e. The molecule has 0 saturated heterocycles. The Morgan fingerprint density at radius 2 is 1.90 bits per heavy atom. The zero-order valence-electron chi connectivity index (χ0n) is 5.79. The van der Waals surface area contributed by atoms with E-state index in [-0.39, 0.29) is 18.2 Å². The van der Waals surface area contributed by atoms with E-state index in [2.05, 4.69) is 4.74 Å². The predicted molar refractivity (Wildman–Crippen MR) is 37.9 cm³/mol. The van der Waals surface area contributed by atoms with Crippen LogP contribution >= 0.6 is 12.4 Å². The van der Waals surface area contributed by atoms with Crippen molar-refractivity contribution in [1.82, 2.24) is 0 Å². The molecule has 60 valence electrons. The van der Waals surface area contributed by atoms with Crippen LogP contribution in [0.1, 0.15) is 6.92 Å². The predicted octanol–water partition coefficient (Wildman–Crippen LogP) is -0.503. The number of rotatable bonds is 2. The fraction of sp³-hybridized carbons (Fsp3) is 0.600. The summed E-state index contributed by atoms with van der Waals surface area (Å²) < 4.78 is 4.19. The summed E-state index contributed by atoms with van der Waals surface area (Å²) in [6.07, 6.45) is 0. The third-order valence-electron chi connectivity index (χ3n) is 0.893. The zero-order chi connectivity index (χ0) is 7.44. The molecule has 0 aromatic carbocycles. The number of hydrogen-bond acceptors (Lipinski definition) is 4. The minimum absolute atomic E-state index is 0. The van der Waals surface area contributed by atoms with Gasteiger partial charge in [-0.2, -0.15) is 0 Å². The summed E-state index contributed by atoms with van der Waals surface area (Å²) in [4.78, 5) is 20.7. The number of methoxy groups -OCH3 is 1. The van der Waals surface area contributed by atoms with Gasteiger partial charge in [0.1, 0.15) is 0 Å². The van der Waals surface area contributed by atoms with E-state index in [0.717, 1.165) is 0 Å². The summed E-state index contributed by atoms with van der Waals surface area (Å²) in [6.45, 7) is 1.24. The SMILES string of the molecule is COC(=O)C(N)C(C)=O.Cl. The van der Waals surface area contributed by atoms with Gasteiger partial charge in [0.15, 0.2) is 11.8 Å². The van der Waals surface area contributed by atoms with Gasteiger partial charge in [0, 0.05) is 0 Å². The number of esters is 1. The Labute approximate surface area is 65.1 Å². The molecule has 1 atom stereocenters. The van der Waals surface area contributed by atoms with Gasteiger partial charge < -0.3 is 10.5 Å². The van der Waals surface area contributed by atoms with Gasteiger partial charge in [-0.15, -0.1) is 12.4 Å². The second-order valence-corrected chi connectivity index (χ2v) is 1.61. The van der Waals surface area contributed by atoms with Gasteiger partial charge in [-0.1, -0.05) is 0 Å². The van der Waals surface area contributed by atoms with Gasteiger partial charge in [0.25, 0.3) is 0 Å². The monoisotopic (exact) mass is 167 g/mol. The van der Waals surface area contributed by atoms with Crippen LogP contribution in [-0.2, 0) is 14.3 Å². The maximum atomic E-state index is 10.4. The summed E-state index contributed by atoms with van der Waals surface area (Å²) in [6, 6.07) is -1.12. The molecule has 0 amide bonds. The number of hydrogen-bond donors (Lipinski definition) is 1. The third-order valence-corrected chi connectivity index (χ3v) is 0.893. The van der Waals surface area contributed by atoms with Crippen molar-refractivity contribution in [1.29, 1.82) is 0 Å². The van der Waals surface area contributed by atoms with Crippen molar-refractivity contribution in [3.63, 3.8) is 0 Å². The smallest absolute Gasteiger partial charge is 0.330 e. The first-order valence-electron chi connectivity index (χ1n) is 2.43. The average Bonchev–Trinajstić information content (AvgIpc) is 1.84. The van der Waals surface area contributed by atoms with Crippen LogP contribution in [0.2, 0.25) is 0 Å². The van der Waals surface area contributed by atoms with E-state index in [4.69, 9.17) is 5.73 Å². The Balaban J connectivity index is 0. The lowest BCUT2D eigenvalue weighted by Crippen LogP contribution is -2.37. The quantitative estimate of drug-likeness (QED) is 0.445. The van der Waals surface area contributed by atoms with Gasteiger partial charge in [-0.05, 0) is 6.92 Å². The summed E-state index contributed by atoms with van der Waals surface area (Å²) in [5.41, 5.74) is 5.05. The number of ketones is 1. The van der Waals surface area contributed by atoms with E-state index in [9.17, 15) is 9.59 Å². The van der Waals surface area contributed by atoms with Crippen LogP contribution < -0.4 is 5.73 Å². The first-order chi connectivity index (χ1) is 4.09. The lowest BCUT2D eigenvalue weighted by Gasteiger charge is -2.02. The molecule has 0 aliphatic heterocycles. The number of nitrogens with two attached hydrogens (primary N) is 1. The van der Waals surface area contributed by atoms with Gasteiger partial charge in [-0.25, -0.2) is 4.79 Å². The third kappa shape index (κ3) is 3.42. The van der Waals surface area contributed by atoms with Crippen molar-refractivity contribution in [2.24, 2.45) is 5.73 Å². The highest BCUT2D eigenvalue weighted by Crippen LogP contribution is 1.83. The summed E-state index contributed by atoms with van der Waals surface area (Å²) in [5, 5.41) is 0. The number of carbonyl (C=O) groups excluding carboxylic acids is 2. The molecular weight excluding hydrogens is 158 g/mol. The zero-order valence-corrected chi connectivity index (χ0v) is 6.60. The molecule has 0 aliphatic rings. The van der Waals surface area contributed by atoms with Gasteiger partial charge in [0.05, 0.1) is 7.11 Å². The number of Topliss-reactive ketones (excluding diaryl/α,β-unsaturated/α-hetero) is 1. The van der Waals surface area contributed by atoms with Crippen LogP contribution in [0.5, 0.6) is 0 Å². The van der Waals surface area contributed by atoms with Crippen molar-refractivity contribution < 1.29 is 14.3 Å². The van der Waals surface area contributed by atoms with E-state index in [1.807, 2.05) is 0 Å². The molecule has 4 nitrogen and oxygen atoms in total. The van der Waals surface area contributed by atoms with E-state index in [1.54, 1.807) is 0 Å². The molecule has 0 spiro atoms. The van der Waals surface area contributed by atoms with E-state index in [1.165, 1.54) is 14.0 Å². The molecular formula is C5H10ClNO3. The van der Waals surface area contributed by atoms with Crippen molar-refractivity contribution >= 4 is 24.2 Å². The van der Waals surface area contributed by atoms with Crippen LogP contribution in [-0.4, -0.2) is 24.9 Å². The molecule has 2 N–H and O–H groups in total. The molecule has 0 fully saturated rings. The first-order valence-corrected chi connectivity index (χ1v) is 2.43. The first kappa shape index (κ1) is 12.1. The van der Waals surface area contributed by atoms with Crippen LogP contribution in [0.3, 0.4) is 0 Å². The van der Waals surface area contributed by atoms with Crippen LogP contribution in [0.15, 0.2) is 0 Å². The molecule has 0 aromatic heterocycles. The summed E-state index contributed by atoms with van der Waals surface area (Å²) in [5.74, 6) is -1.08. The Morgan fingerprint density at radius 3 is 2.00 bits per heavy atom. The molecule has 0 aromatic rings. The molecule has 0 bridgehead atoms. The molecule has 5 heteroatoms. The standard InChI is InChI=1S/C5H9NO3.ClH/c1-3(7)4(6)5(8)9-2;/h4H,6H2,1-2H3;1H. The van der Waals surface area contributed by atoms with E-state index in [0.29, 0.717) is 0 Å². The van der Waals surface area contributed by atoms with Gasteiger partial charge >= 0.3 is 5.97 Å². The molecule has 0 saturated carbocycles. The molecule has 10 heavy (non-hydrogen) atoms. The fourth-order valence-corrected chi connectivity index (χ4v) is 0.293. The average molecular weight is 168 g/mol. The Morgan fingerprint density at radius 1 is 1.50 bits per heavy atom. The van der Waals surface area contributed by atoms with Gasteiger partial charge in [-0.3, -0.25) is 4.79 Å². The van der Waals surface area contributed by atoms with Crippen molar-refractivity contribution in [3.8, 4) is 0 Å². The molecule has 0 heterocycles. The van der Waals surface area contributed by atoms with E-state index < -0.39 is 12.0 Å². The highest BCUT2D eigenvalue weighted by atomic mass is 35.5. The summed E-state index contributed by atoms with van der Waals surface area (Å²) >= 11 is 0. The Kier molecular flexibility index (Phi) is 6.29. The number of carbonyl (C=O) groups is 2. The highest BCUT2D eigenvalue weighted by molar-refractivity contribution is 6.01.